The molecule has 0 saturated carbocycles. The summed E-state index contributed by atoms with van der Waals surface area (Å²) < 4.78 is 11.5. The average Bonchev–Trinajstić information content (AvgIpc) is 3.17. The van der Waals surface area contributed by atoms with Crippen LogP contribution in [0, 0.1) is 0 Å². The second-order valence-corrected chi connectivity index (χ2v) is 9.72. The van der Waals surface area contributed by atoms with Crippen molar-refractivity contribution in [2.45, 2.75) is 24.5 Å². The van der Waals surface area contributed by atoms with Crippen LogP contribution < -0.4 is 20.1 Å². The van der Waals surface area contributed by atoms with Crippen molar-refractivity contribution in [2.24, 2.45) is 0 Å². The standard InChI is InChI=1S/C28H31N3O5S/c1-31-27(33)26(37-28(31)34)30-22-9-7-20(8-10-22)15-16-29-17-23(32)19-36-25-13-11-24(12-14-25)35-18-21-5-3-2-4-6-21/h2-14,23,26,29-30,32H,15-19H2,1H3. The molecule has 0 aliphatic carbocycles. The fourth-order valence-corrected chi connectivity index (χ4v) is 4.54. The number of carbonyl (C=O) groups is 2. The topological polar surface area (TPSA) is 100 Å². The van der Waals surface area contributed by atoms with Gasteiger partial charge in [-0.1, -0.05) is 42.5 Å². The van der Waals surface area contributed by atoms with Gasteiger partial charge in [0.1, 0.15) is 30.8 Å². The smallest absolute Gasteiger partial charge is 0.290 e. The summed E-state index contributed by atoms with van der Waals surface area (Å²) in [7, 11) is 1.49. The van der Waals surface area contributed by atoms with Gasteiger partial charge in [-0.05, 0) is 72.3 Å². The number of carbonyl (C=O) groups excluding carboxylic acids is 2. The molecule has 0 bridgehead atoms. The summed E-state index contributed by atoms with van der Waals surface area (Å²) in [4.78, 5) is 24.7. The summed E-state index contributed by atoms with van der Waals surface area (Å²) in [6.45, 7) is 1.81. The van der Waals surface area contributed by atoms with Crippen LogP contribution in [0.4, 0.5) is 10.5 Å². The van der Waals surface area contributed by atoms with E-state index in [1.165, 1.54) is 7.05 Å². The molecule has 4 rings (SSSR count). The van der Waals surface area contributed by atoms with E-state index in [4.69, 9.17) is 9.47 Å². The summed E-state index contributed by atoms with van der Waals surface area (Å²) in [6.07, 6.45) is 0.152. The van der Waals surface area contributed by atoms with Gasteiger partial charge >= 0.3 is 0 Å². The molecule has 3 N–H and O–H groups in total. The monoisotopic (exact) mass is 521 g/mol. The van der Waals surface area contributed by atoms with Crippen LogP contribution in [0.25, 0.3) is 0 Å². The molecule has 3 aromatic rings. The van der Waals surface area contributed by atoms with Crippen LogP contribution in [0.3, 0.4) is 0 Å². The highest BCUT2D eigenvalue weighted by Gasteiger charge is 2.37. The highest BCUT2D eigenvalue weighted by Crippen LogP contribution is 2.27. The zero-order valence-electron chi connectivity index (χ0n) is 20.6. The van der Waals surface area contributed by atoms with E-state index in [1.807, 2.05) is 78.9 Å². The average molecular weight is 522 g/mol. The maximum atomic E-state index is 12.0. The Hall–Kier alpha value is -3.53. The summed E-state index contributed by atoms with van der Waals surface area (Å²) in [5, 5.41) is 15.7. The summed E-state index contributed by atoms with van der Waals surface area (Å²) in [5.74, 6) is 1.19. The van der Waals surface area contributed by atoms with Crippen molar-refractivity contribution < 1.29 is 24.2 Å². The van der Waals surface area contributed by atoms with Crippen molar-refractivity contribution in [1.29, 1.82) is 0 Å². The summed E-state index contributed by atoms with van der Waals surface area (Å²) >= 11 is 0.981. The van der Waals surface area contributed by atoms with Gasteiger partial charge < -0.3 is 25.2 Å². The van der Waals surface area contributed by atoms with Crippen molar-refractivity contribution in [3.63, 3.8) is 0 Å². The third-order valence-corrected chi connectivity index (χ3v) is 6.81. The number of aliphatic hydroxyl groups excluding tert-OH is 1. The van der Waals surface area contributed by atoms with Crippen LogP contribution in [0.2, 0.25) is 0 Å². The number of benzene rings is 3. The first kappa shape index (κ1) is 26.5. The van der Waals surface area contributed by atoms with E-state index < -0.39 is 11.5 Å². The number of amides is 2. The first-order valence-electron chi connectivity index (χ1n) is 12.1. The molecule has 1 aliphatic heterocycles. The number of imide groups is 1. The van der Waals surface area contributed by atoms with Crippen molar-refractivity contribution in [2.75, 3.05) is 32.1 Å². The largest absolute Gasteiger partial charge is 0.491 e. The Morgan fingerprint density at radius 3 is 2.24 bits per heavy atom. The maximum Gasteiger partial charge on any atom is 0.290 e. The minimum absolute atomic E-state index is 0.188. The molecule has 1 saturated heterocycles. The maximum absolute atomic E-state index is 12.0. The Bertz CT molecular complexity index is 1160. The van der Waals surface area contributed by atoms with E-state index >= 15 is 0 Å². The van der Waals surface area contributed by atoms with Crippen molar-refractivity contribution in [1.82, 2.24) is 10.2 Å². The normalized spacial score (nSPS) is 16.1. The third-order valence-electron chi connectivity index (χ3n) is 5.78. The highest BCUT2D eigenvalue weighted by atomic mass is 32.2. The van der Waals surface area contributed by atoms with Crippen LogP contribution in [0.1, 0.15) is 11.1 Å². The van der Waals surface area contributed by atoms with Crippen molar-refractivity contribution in [3.8, 4) is 11.5 Å². The Kier molecular flexibility index (Phi) is 9.42. The zero-order valence-corrected chi connectivity index (χ0v) is 21.4. The van der Waals surface area contributed by atoms with Crippen LogP contribution in [-0.4, -0.2) is 59.4 Å². The molecular formula is C28H31N3O5S. The Labute approximate surface area is 221 Å². The van der Waals surface area contributed by atoms with Gasteiger partial charge in [-0.25, -0.2) is 0 Å². The number of hydrogen-bond donors (Lipinski definition) is 3. The van der Waals surface area contributed by atoms with E-state index in [0.717, 1.165) is 45.6 Å². The molecular weight excluding hydrogens is 490 g/mol. The van der Waals surface area contributed by atoms with E-state index in [-0.39, 0.29) is 17.8 Å². The molecule has 1 heterocycles. The van der Waals surface area contributed by atoms with E-state index in [9.17, 15) is 14.7 Å². The molecule has 0 radical (unpaired) electrons. The van der Waals surface area contributed by atoms with E-state index in [0.29, 0.717) is 25.4 Å². The number of ether oxygens (including phenoxy) is 2. The fraction of sp³-hybridized carbons (Fsp3) is 0.286. The van der Waals surface area contributed by atoms with Crippen molar-refractivity contribution >= 4 is 28.6 Å². The molecule has 2 unspecified atom stereocenters. The van der Waals surface area contributed by atoms with Gasteiger partial charge in [-0.2, -0.15) is 0 Å². The quantitative estimate of drug-likeness (QED) is 0.291. The first-order valence-corrected chi connectivity index (χ1v) is 13.0. The molecule has 2 atom stereocenters. The van der Waals surface area contributed by atoms with Crippen LogP contribution in [-0.2, 0) is 17.8 Å². The number of rotatable bonds is 13. The van der Waals surface area contributed by atoms with E-state index in [2.05, 4.69) is 10.6 Å². The van der Waals surface area contributed by atoms with Gasteiger partial charge in [0.25, 0.3) is 11.1 Å². The zero-order chi connectivity index (χ0) is 26.0. The second kappa shape index (κ2) is 13.1. The molecule has 0 spiro atoms. The molecule has 8 nitrogen and oxygen atoms in total. The van der Waals surface area contributed by atoms with Gasteiger partial charge in [0.2, 0.25) is 0 Å². The molecule has 3 aromatic carbocycles. The Balaban J connectivity index is 1.10. The number of hydrogen-bond acceptors (Lipinski definition) is 8. The third kappa shape index (κ3) is 7.98. The predicted octanol–water partition coefficient (Wildman–Crippen LogP) is 3.90. The molecule has 2 amide bonds. The summed E-state index contributed by atoms with van der Waals surface area (Å²) in [5.41, 5.74) is 3.02. The van der Waals surface area contributed by atoms with Gasteiger partial charge in [0, 0.05) is 19.3 Å². The Morgan fingerprint density at radius 1 is 0.919 bits per heavy atom. The number of nitrogens with one attached hydrogen (secondary N) is 2. The molecule has 37 heavy (non-hydrogen) atoms. The van der Waals surface area contributed by atoms with Gasteiger partial charge in [-0.3, -0.25) is 14.5 Å². The minimum Gasteiger partial charge on any atom is -0.491 e. The molecule has 9 heteroatoms. The van der Waals surface area contributed by atoms with Crippen LogP contribution >= 0.6 is 11.8 Å². The van der Waals surface area contributed by atoms with Crippen molar-refractivity contribution in [3.05, 3.63) is 90.0 Å². The lowest BCUT2D eigenvalue weighted by atomic mass is 10.1. The van der Waals surface area contributed by atoms with Crippen LogP contribution in [0.5, 0.6) is 11.5 Å². The summed E-state index contributed by atoms with van der Waals surface area (Å²) in [6, 6.07) is 25.1. The number of thioether (sulfide) groups is 1. The van der Waals surface area contributed by atoms with Gasteiger partial charge in [-0.15, -0.1) is 0 Å². The highest BCUT2D eigenvalue weighted by molar-refractivity contribution is 8.15. The number of anilines is 1. The number of nitrogens with zero attached hydrogens (tertiary/aromatic N) is 1. The fourth-order valence-electron chi connectivity index (χ4n) is 3.63. The Morgan fingerprint density at radius 2 is 1.59 bits per heavy atom. The molecule has 194 valence electrons. The lowest BCUT2D eigenvalue weighted by Gasteiger charge is -2.14. The van der Waals surface area contributed by atoms with E-state index in [1.54, 1.807) is 0 Å². The SMILES string of the molecule is CN1C(=O)SC(Nc2ccc(CCNCC(O)COc3ccc(OCc4ccccc4)cc3)cc2)C1=O. The minimum atomic E-state index is -0.636. The van der Waals surface area contributed by atoms with Gasteiger partial charge in [0.05, 0.1) is 0 Å². The predicted molar refractivity (Wildman–Crippen MR) is 145 cm³/mol. The number of likely N-dealkylation sites (N-methyl/N-ethyl adjacent to an activating group) is 1. The first-order chi connectivity index (χ1) is 18.0. The molecule has 1 aliphatic rings. The molecule has 0 aromatic heterocycles. The lowest BCUT2D eigenvalue weighted by molar-refractivity contribution is -0.125. The van der Waals surface area contributed by atoms with Gasteiger partial charge in [0.15, 0.2) is 5.37 Å². The van der Waals surface area contributed by atoms with Crippen LogP contribution in [0.15, 0.2) is 78.9 Å². The number of aliphatic hydroxyl groups is 1. The lowest BCUT2D eigenvalue weighted by Crippen LogP contribution is -2.32. The molecule has 1 fully saturated rings. The second-order valence-electron chi connectivity index (χ2n) is 8.67.